The molecule has 1 N–H and O–H groups in total. The quantitative estimate of drug-likeness (QED) is 0.577. The second-order valence-electron chi connectivity index (χ2n) is 4.96. The first-order valence-electron chi connectivity index (χ1n) is 7.11. The molecule has 0 spiro atoms. The van der Waals surface area contributed by atoms with Crippen molar-refractivity contribution < 1.29 is 18.0 Å². The molecule has 1 heterocycles. The van der Waals surface area contributed by atoms with E-state index in [-0.39, 0.29) is 11.4 Å². The van der Waals surface area contributed by atoms with Crippen molar-refractivity contribution in [2.75, 3.05) is 11.1 Å². The smallest absolute Gasteiger partial charge is 0.256 e. The van der Waals surface area contributed by atoms with Gasteiger partial charge in [-0.05, 0) is 24.3 Å². The molecule has 0 saturated carbocycles. The van der Waals surface area contributed by atoms with Crippen molar-refractivity contribution in [3.05, 3.63) is 64.8 Å². The first-order chi connectivity index (χ1) is 12.0. The van der Waals surface area contributed by atoms with Crippen LogP contribution in [0.5, 0.6) is 0 Å². The molecule has 0 aliphatic rings. The van der Waals surface area contributed by atoms with Crippen LogP contribution in [0.4, 0.5) is 14.5 Å². The van der Waals surface area contributed by atoms with E-state index in [1.54, 1.807) is 6.20 Å². The van der Waals surface area contributed by atoms with E-state index in [9.17, 15) is 13.6 Å². The number of hydrogen-bond donors (Lipinski definition) is 1. The summed E-state index contributed by atoms with van der Waals surface area (Å²) in [5.41, 5.74) is 0.787. The average molecular weight is 425 g/mol. The average Bonchev–Trinajstić information content (AvgIpc) is 3.05. The lowest BCUT2D eigenvalue weighted by Gasteiger charge is -2.05. The van der Waals surface area contributed by atoms with Crippen LogP contribution in [-0.4, -0.2) is 16.6 Å². The van der Waals surface area contributed by atoms with Crippen molar-refractivity contribution in [3.8, 4) is 11.3 Å². The van der Waals surface area contributed by atoms with Gasteiger partial charge in [-0.15, -0.1) is 0 Å². The number of carbonyl (C=O) groups is 1. The Morgan fingerprint density at radius 2 is 1.96 bits per heavy atom. The predicted molar refractivity (Wildman–Crippen MR) is 95.4 cm³/mol. The zero-order valence-electron chi connectivity index (χ0n) is 12.6. The number of aromatic nitrogens is 1. The van der Waals surface area contributed by atoms with Crippen LogP contribution in [0.2, 0.25) is 0 Å². The third kappa shape index (κ3) is 4.67. The molecule has 0 atom stereocenters. The fourth-order valence-electron chi connectivity index (χ4n) is 1.98. The summed E-state index contributed by atoms with van der Waals surface area (Å²) in [5, 5.41) is 2.70. The number of carbonyl (C=O) groups excluding carboxylic acids is 1. The van der Waals surface area contributed by atoms with E-state index in [1.807, 2.05) is 24.3 Å². The maximum atomic E-state index is 13.5. The van der Waals surface area contributed by atoms with Crippen molar-refractivity contribution in [1.29, 1.82) is 0 Å². The summed E-state index contributed by atoms with van der Waals surface area (Å²) >= 11 is 4.44. The van der Waals surface area contributed by atoms with Crippen LogP contribution >= 0.6 is 27.7 Å². The second-order valence-corrected chi connectivity index (χ2v) is 6.80. The highest BCUT2D eigenvalue weighted by Crippen LogP contribution is 2.26. The van der Waals surface area contributed by atoms with Crippen molar-refractivity contribution in [2.45, 2.75) is 5.22 Å². The highest BCUT2D eigenvalue weighted by atomic mass is 79.9. The van der Waals surface area contributed by atoms with Crippen LogP contribution in [0.3, 0.4) is 0 Å². The lowest BCUT2D eigenvalue weighted by Crippen LogP contribution is -2.15. The van der Waals surface area contributed by atoms with E-state index >= 15 is 0 Å². The molecule has 2 aromatic carbocycles. The molecule has 1 amide bonds. The van der Waals surface area contributed by atoms with Gasteiger partial charge in [0.25, 0.3) is 5.22 Å². The molecule has 3 aromatic rings. The van der Waals surface area contributed by atoms with Crippen LogP contribution in [0.15, 0.2) is 62.8 Å². The van der Waals surface area contributed by atoms with Gasteiger partial charge < -0.3 is 9.73 Å². The summed E-state index contributed by atoms with van der Waals surface area (Å²) in [7, 11) is 0. The Morgan fingerprint density at radius 1 is 1.20 bits per heavy atom. The molecule has 4 nitrogen and oxygen atoms in total. The Balaban J connectivity index is 1.58. The number of amides is 1. The van der Waals surface area contributed by atoms with Crippen molar-refractivity contribution >= 4 is 39.3 Å². The zero-order valence-corrected chi connectivity index (χ0v) is 15.0. The van der Waals surface area contributed by atoms with E-state index in [0.29, 0.717) is 17.0 Å². The van der Waals surface area contributed by atoms with E-state index in [2.05, 4.69) is 26.2 Å². The van der Waals surface area contributed by atoms with E-state index in [1.165, 1.54) is 6.07 Å². The molecule has 0 aliphatic carbocycles. The molecule has 1 aromatic heterocycles. The minimum atomic E-state index is -0.827. The van der Waals surface area contributed by atoms with Gasteiger partial charge in [-0.1, -0.05) is 39.8 Å². The monoisotopic (exact) mass is 424 g/mol. The van der Waals surface area contributed by atoms with Gasteiger partial charge in [0.1, 0.15) is 11.6 Å². The normalized spacial score (nSPS) is 10.7. The molecule has 25 heavy (non-hydrogen) atoms. The molecule has 8 heteroatoms. The lowest BCUT2D eigenvalue weighted by atomic mass is 10.2. The molecule has 0 aliphatic heterocycles. The van der Waals surface area contributed by atoms with Crippen LogP contribution in [-0.2, 0) is 4.79 Å². The number of rotatable bonds is 5. The number of oxazole rings is 1. The summed E-state index contributed by atoms with van der Waals surface area (Å²) < 4.78 is 32.9. The summed E-state index contributed by atoms with van der Waals surface area (Å²) in [6, 6.07) is 10.5. The van der Waals surface area contributed by atoms with Gasteiger partial charge in [0.05, 0.1) is 17.6 Å². The highest BCUT2D eigenvalue weighted by Gasteiger charge is 2.12. The number of benzene rings is 2. The lowest BCUT2D eigenvalue weighted by molar-refractivity contribution is -0.113. The number of halogens is 3. The zero-order chi connectivity index (χ0) is 17.8. The van der Waals surface area contributed by atoms with Crippen molar-refractivity contribution in [2.24, 2.45) is 0 Å². The SMILES string of the molecule is O=C(CSc1ncc(-c2ccc(Br)cc2)o1)Nc1ccc(F)cc1F. The van der Waals surface area contributed by atoms with Gasteiger partial charge in [0.15, 0.2) is 5.76 Å². The molecule has 0 bridgehead atoms. The number of nitrogens with zero attached hydrogens (tertiary/aromatic N) is 1. The van der Waals surface area contributed by atoms with Gasteiger partial charge in [-0.3, -0.25) is 4.79 Å². The fourth-order valence-corrected chi connectivity index (χ4v) is 2.84. The van der Waals surface area contributed by atoms with Crippen LogP contribution < -0.4 is 5.32 Å². The largest absolute Gasteiger partial charge is 0.431 e. The Bertz CT molecular complexity index is 900. The van der Waals surface area contributed by atoms with Gasteiger partial charge in [-0.25, -0.2) is 13.8 Å². The van der Waals surface area contributed by atoms with Gasteiger partial charge in [0.2, 0.25) is 5.91 Å². The molecular formula is C17H11BrF2N2O2S. The molecular weight excluding hydrogens is 414 g/mol. The predicted octanol–water partition coefficient (Wildman–Crippen LogP) is 5.11. The van der Waals surface area contributed by atoms with Crippen molar-refractivity contribution in [1.82, 2.24) is 4.98 Å². The topological polar surface area (TPSA) is 55.1 Å². The van der Waals surface area contributed by atoms with E-state index < -0.39 is 17.5 Å². The number of thioether (sulfide) groups is 1. The third-order valence-electron chi connectivity index (χ3n) is 3.15. The summed E-state index contributed by atoms with van der Waals surface area (Å²) in [5.74, 6) is -1.41. The molecule has 0 radical (unpaired) electrons. The van der Waals surface area contributed by atoms with Gasteiger partial charge in [-0.2, -0.15) is 0 Å². The van der Waals surface area contributed by atoms with Gasteiger partial charge in [0, 0.05) is 16.1 Å². The van der Waals surface area contributed by atoms with Crippen LogP contribution in [0, 0.1) is 11.6 Å². The molecule has 128 valence electrons. The number of anilines is 1. The summed E-state index contributed by atoms with van der Waals surface area (Å²) in [6.45, 7) is 0. The van der Waals surface area contributed by atoms with Crippen molar-refractivity contribution in [3.63, 3.8) is 0 Å². The molecule has 3 rings (SSSR count). The number of hydrogen-bond acceptors (Lipinski definition) is 4. The fraction of sp³-hybridized carbons (Fsp3) is 0.0588. The van der Waals surface area contributed by atoms with Crippen LogP contribution in [0.1, 0.15) is 0 Å². The minimum Gasteiger partial charge on any atom is -0.431 e. The number of nitrogens with one attached hydrogen (secondary N) is 1. The second kappa shape index (κ2) is 7.79. The third-order valence-corrected chi connectivity index (χ3v) is 4.52. The summed E-state index contributed by atoms with van der Waals surface area (Å²) in [6.07, 6.45) is 1.57. The summed E-state index contributed by atoms with van der Waals surface area (Å²) in [4.78, 5) is 16.0. The molecule has 0 fully saturated rings. The Labute approximate surface area is 154 Å². The first-order valence-corrected chi connectivity index (χ1v) is 8.88. The Morgan fingerprint density at radius 3 is 2.68 bits per heavy atom. The maximum Gasteiger partial charge on any atom is 0.256 e. The molecule has 0 saturated heterocycles. The van der Waals surface area contributed by atoms with E-state index in [0.717, 1.165) is 27.9 Å². The highest BCUT2D eigenvalue weighted by molar-refractivity contribution is 9.10. The minimum absolute atomic E-state index is 0.0168. The first kappa shape index (κ1) is 17.6. The van der Waals surface area contributed by atoms with Crippen LogP contribution in [0.25, 0.3) is 11.3 Å². The maximum absolute atomic E-state index is 13.5. The van der Waals surface area contributed by atoms with E-state index in [4.69, 9.17) is 4.42 Å². The standard InChI is InChI=1S/C17H11BrF2N2O2S/c18-11-3-1-10(2-4-11)15-8-21-17(24-15)25-9-16(23)22-14-6-5-12(19)7-13(14)20/h1-8H,9H2,(H,22,23). The Hall–Kier alpha value is -2.19. The Kier molecular flexibility index (Phi) is 5.50. The molecule has 0 unspecified atom stereocenters. The van der Waals surface area contributed by atoms with Gasteiger partial charge >= 0.3 is 0 Å².